The van der Waals surface area contributed by atoms with Gasteiger partial charge in [-0.2, -0.15) is 5.10 Å². The predicted octanol–water partition coefficient (Wildman–Crippen LogP) is 3.55. The van der Waals surface area contributed by atoms with Crippen molar-refractivity contribution >= 4 is 17.4 Å². The van der Waals surface area contributed by atoms with E-state index in [1.807, 2.05) is 66.4 Å². The molecule has 0 spiro atoms. The molecule has 1 amide bonds. The van der Waals surface area contributed by atoms with Crippen molar-refractivity contribution in [3.8, 4) is 11.3 Å². The van der Waals surface area contributed by atoms with E-state index < -0.39 is 0 Å². The van der Waals surface area contributed by atoms with Gasteiger partial charge in [-0.1, -0.05) is 29.8 Å². The number of hydrogen-bond acceptors (Lipinski definition) is 4. The fourth-order valence-electron chi connectivity index (χ4n) is 3.55. The molecule has 148 valence electrons. The standard InChI is InChI=1S/C23H24N4O2/c1-16-3-5-19(6-4-16)21-15-22(25-24-21)23(29)27-13-11-26(12-14-27)20-9-7-18(8-10-20)17(2)28/h3-10,15H,11-14H2,1-2H3,(H,24,25). The molecule has 0 unspecified atom stereocenters. The second-order valence-corrected chi connectivity index (χ2v) is 7.42. The quantitative estimate of drug-likeness (QED) is 0.694. The number of ketones is 1. The van der Waals surface area contributed by atoms with Crippen LogP contribution in [-0.2, 0) is 0 Å². The Morgan fingerprint density at radius 1 is 0.931 bits per heavy atom. The largest absolute Gasteiger partial charge is 0.368 e. The van der Waals surface area contributed by atoms with E-state index in [0.29, 0.717) is 24.3 Å². The van der Waals surface area contributed by atoms with Gasteiger partial charge in [0.2, 0.25) is 0 Å². The Morgan fingerprint density at radius 3 is 2.21 bits per heavy atom. The molecule has 6 nitrogen and oxygen atoms in total. The van der Waals surface area contributed by atoms with Crippen molar-refractivity contribution in [3.63, 3.8) is 0 Å². The lowest BCUT2D eigenvalue weighted by Gasteiger charge is -2.36. The van der Waals surface area contributed by atoms with Crippen LogP contribution in [0.3, 0.4) is 0 Å². The van der Waals surface area contributed by atoms with Gasteiger partial charge in [-0.25, -0.2) is 0 Å². The van der Waals surface area contributed by atoms with Gasteiger partial charge in [0, 0.05) is 43.0 Å². The summed E-state index contributed by atoms with van der Waals surface area (Å²) in [6, 6.07) is 17.6. The van der Waals surface area contributed by atoms with E-state index in [-0.39, 0.29) is 11.7 Å². The van der Waals surface area contributed by atoms with Crippen LogP contribution in [0, 0.1) is 6.92 Å². The van der Waals surface area contributed by atoms with Gasteiger partial charge in [-0.3, -0.25) is 14.7 Å². The number of H-pyrrole nitrogens is 1. The van der Waals surface area contributed by atoms with Gasteiger partial charge in [0.25, 0.3) is 5.91 Å². The Balaban J connectivity index is 1.39. The molecule has 0 atom stereocenters. The number of anilines is 1. The summed E-state index contributed by atoms with van der Waals surface area (Å²) < 4.78 is 0. The van der Waals surface area contributed by atoms with Gasteiger partial charge in [0.1, 0.15) is 5.69 Å². The molecule has 2 heterocycles. The summed E-state index contributed by atoms with van der Waals surface area (Å²) in [5.41, 5.74) is 5.26. The summed E-state index contributed by atoms with van der Waals surface area (Å²) in [7, 11) is 0. The molecule has 3 aromatic rings. The number of carbonyl (C=O) groups excluding carboxylic acids is 2. The van der Waals surface area contributed by atoms with Crippen molar-refractivity contribution in [3.05, 3.63) is 71.4 Å². The average molecular weight is 388 g/mol. The summed E-state index contributed by atoms with van der Waals surface area (Å²) in [6.07, 6.45) is 0. The van der Waals surface area contributed by atoms with E-state index in [0.717, 1.165) is 30.0 Å². The number of Topliss-reactive ketones (excluding diaryl/α,β-unsaturated/α-hetero) is 1. The van der Waals surface area contributed by atoms with Crippen LogP contribution in [0.5, 0.6) is 0 Å². The number of aromatic nitrogens is 2. The van der Waals surface area contributed by atoms with E-state index in [9.17, 15) is 9.59 Å². The lowest BCUT2D eigenvalue weighted by atomic mass is 10.1. The van der Waals surface area contributed by atoms with Crippen LogP contribution < -0.4 is 4.90 Å². The molecule has 1 aromatic heterocycles. The Labute approximate surface area is 170 Å². The van der Waals surface area contributed by atoms with Gasteiger partial charge in [-0.15, -0.1) is 0 Å². The van der Waals surface area contributed by atoms with Crippen LogP contribution in [0.15, 0.2) is 54.6 Å². The van der Waals surface area contributed by atoms with Crippen LogP contribution >= 0.6 is 0 Å². The topological polar surface area (TPSA) is 69.3 Å². The SMILES string of the molecule is CC(=O)c1ccc(N2CCN(C(=O)c3cc(-c4ccc(C)cc4)n[nH]3)CC2)cc1. The summed E-state index contributed by atoms with van der Waals surface area (Å²) >= 11 is 0. The van der Waals surface area contributed by atoms with Gasteiger partial charge < -0.3 is 9.80 Å². The number of aromatic amines is 1. The Hall–Kier alpha value is -3.41. The number of hydrogen-bond donors (Lipinski definition) is 1. The highest BCUT2D eigenvalue weighted by Crippen LogP contribution is 2.21. The number of rotatable bonds is 4. The first-order chi connectivity index (χ1) is 14.0. The molecule has 0 aliphatic carbocycles. The lowest BCUT2D eigenvalue weighted by Crippen LogP contribution is -2.48. The van der Waals surface area contributed by atoms with Gasteiger partial charge >= 0.3 is 0 Å². The maximum absolute atomic E-state index is 12.9. The van der Waals surface area contributed by atoms with E-state index in [1.165, 1.54) is 5.56 Å². The number of aryl methyl sites for hydroxylation is 1. The van der Waals surface area contributed by atoms with E-state index in [1.54, 1.807) is 6.92 Å². The third-order valence-corrected chi connectivity index (χ3v) is 5.36. The summed E-state index contributed by atoms with van der Waals surface area (Å²) in [6.45, 7) is 6.41. The zero-order valence-electron chi connectivity index (χ0n) is 16.7. The minimum atomic E-state index is -0.0255. The van der Waals surface area contributed by atoms with Crippen LogP contribution in [0.1, 0.15) is 33.3 Å². The highest BCUT2D eigenvalue weighted by molar-refractivity contribution is 5.94. The second-order valence-electron chi connectivity index (χ2n) is 7.42. The smallest absolute Gasteiger partial charge is 0.272 e. The highest BCUT2D eigenvalue weighted by atomic mass is 16.2. The van der Waals surface area contributed by atoms with Crippen molar-refractivity contribution in [2.24, 2.45) is 0 Å². The van der Waals surface area contributed by atoms with Crippen molar-refractivity contribution < 1.29 is 9.59 Å². The van der Waals surface area contributed by atoms with E-state index in [2.05, 4.69) is 15.1 Å². The van der Waals surface area contributed by atoms with Crippen LogP contribution in [0.4, 0.5) is 5.69 Å². The van der Waals surface area contributed by atoms with Crippen molar-refractivity contribution in [1.82, 2.24) is 15.1 Å². The fraction of sp³-hybridized carbons (Fsp3) is 0.261. The molecule has 1 aliphatic rings. The molecule has 0 bridgehead atoms. The van der Waals surface area contributed by atoms with E-state index in [4.69, 9.17) is 0 Å². The third-order valence-electron chi connectivity index (χ3n) is 5.36. The normalized spacial score (nSPS) is 14.1. The van der Waals surface area contributed by atoms with Gasteiger partial charge in [0.15, 0.2) is 5.78 Å². The Kier molecular flexibility index (Phi) is 5.16. The second kappa shape index (κ2) is 7.91. The molecule has 1 N–H and O–H groups in total. The minimum absolute atomic E-state index is 0.0255. The maximum atomic E-state index is 12.9. The first kappa shape index (κ1) is 18.9. The fourth-order valence-corrected chi connectivity index (χ4v) is 3.55. The zero-order chi connectivity index (χ0) is 20.4. The lowest BCUT2D eigenvalue weighted by molar-refractivity contribution is 0.0740. The Bertz CT molecular complexity index is 1010. The zero-order valence-corrected chi connectivity index (χ0v) is 16.7. The molecule has 6 heteroatoms. The molecule has 2 aromatic carbocycles. The molecule has 0 radical (unpaired) electrons. The predicted molar refractivity (Wildman–Crippen MR) is 113 cm³/mol. The van der Waals surface area contributed by atoms with Gasteiger partial charge in [0.05, 0.1) is 5.69 Å². The van der Waals surface area contributed by atoms with Crippen molar-refractivity contribution in [2.75, 3.05) is 31.1 Å². The minimum Gasteiger partial charge on any atom is -0.368 e. The molecule has 1 aliphatic heterocycles. The third kappa shape index (κ3) is 4.06. The molecular formula is C23H24N4O2. The molecule has 29 heavy (non-hydrogen) atoms. The molecule has 1 saturated heterocycles. The number of piperazine rings is 1. The van der Waals surface area contributed by atoms with Crippen LogP contribution in [0.2, 0.25) is 0 Å². The van der Waals surface area contributed by atoms with Crippen LogP contribution in [-0.4, -0.2) is 53.0 Å². The molecule has 0 saturated carbocycles. The van der Waals surface area contributed by atoms with Crippen molar-refractivity contribution in [1.29, 1.82) is 0 Å². The number of carbonyl (C=O) groups is 2. The summed E-state index contributed by atoms with van der Waals surface area (Å²) in [5, 5.41) is 7.20. The van der Waals surface area contributed by atoms with Gasteiger partial charge in [-0.05, 0) is 44.2 Å². The summed E-state index contributed by atoms with van der Waals surface area (Å²) in [4.78, 5) is 28.4. The van der Waals surface area contributed by atoms with Crippen molar-refractivity contribution in [2.45, 2.75) is 13.8 Å². The number of benzene rings is 2. The van der Waals surface area contributed by atoms with Crippen LogP contribution in [0.25, 0.3) is 11.3 Å². The van der Waals surface area contributed by atoms with E-state index >= 15 is 0 Å². The first-order valence-corrected chi connectivity index (χ1v) is 9.79. The molecule has 1 fully saturated rings. The Morgan fingerprint density at radius 2 is 1.59 bits per heavy atom. The number of nitrogens with one attached hydrogen (secondary N) is 1. The summed E-state index contributed by atoms with van der Waals surface area (Å²) in [5.74, 6) is 0.0407. The number of nitrogens with zero attached hydrogens (tertiary/aromatic N) is 3. The first-order valence-electron chi connectivity index (χ1n) is 9.79. The highest BCUT2D eigenvalue weighted by Gasteiger charge is 2.24. The molecular weight excluding hydrogens is 364 g/mol. The maximum Gasteiger partial charge on any atom is 0.272 e. The monoisotopic (exact) mass is 388 g/mol. The number of amides is 1. The average Bonchev–Trinajstić information content (AvgIpc) is 3.24. The molecule has 4 rings (SSSR count).